The number of aromatic amines is 1. The fourth-order valence-electron chi connectivity index (χ4n) is 7.02. The molecule has 12 nitrogen and oxygen atoms in total. The van der Waals surface area contributed by atoms with Gasteiger partial charge in [0.2, 0.25) is 23.6 Å². The fourth-order valence-corrected chi connectivity index (χ4v) is 7.02. The zero-order valence-electron chi connectivity index (χ0n) is 28.4. The third kappa shape index (κ3) is 6.49. The molecule has 3 amide bonds. The van der Waals surface area contributed by atoms with E-state index in [9.17, 15) is 14.4 Å². The highest BCUT2D eigenvalue weighted by Gasteiger charge is 2.39. The molecule has 1 saturated heterocycles. The van der Waals surface area contributed by atoms with E-state index in [0.717, 1.165) is 56.9 Å². The number of amides is 3. The minimum atomic E-state index is -0.654. The molecule has 6 aromatic rings. The summed E-state index contributed by atoms with van der Waals surface area (Å²) >= 11 is 0. The van der Waals surface area contributed by atoms with Crippen LogP contribution in [-0.2, 0) is 16.1 Å². The first-order valence-corrected chi connectivity index (χ1v) is 17.4. The third-order valence-electron chi connectivity index (χ3n) is 9.87. The molecule has 2 N–H and O–H groups in total. The van der Waals surface area contributed by atoms with Gasteiger partial charge in [0.1, 0.15) is 30.6 Å². The van der Waals surface area contributed by atoms with Crippen molar-refractivity contribution in [3.8, 4) is 40.5 Å². The monoisotopic (exact) mass is 704 g/mol. The van der Waals surface area contributed by atoms with Crippen molar-refractivity contribution in [3.05, 3.63) is 108 Å². The Bertz CT molecular complexity index is 2460. The average Bonchev–Trinajstić information content (AvgIpc) is 3.69. The summed E-state index contributed by atoms with van der Waals surface area (Å²) in [6.45, 7) is 0.426. The summed E-state index contributed by atoms with van der Waals surface area (Å²) in [4.78, 5) is 54.9. The molecular formula is C41H32N6O6. The Morgan fingerprint density at radius 1 is 0.811 bits per heavy atom. The highest BCUT2D eigenvalue weighted by atomic mass is 16.5. The zero-order chi connectivity index (χ0) is 35.9. The van der Waals surface area contributed by atoms with Gasteiger partial charge in [0, 0.05) is 101 Å². The van der Waals surface area contributed by atoms with Crippen LogP contribution in [0.15, 0.2) is 91.5 Å². The maximum absolute atomic E-state index is 12.9. The zero-order valence-corrected chi connectivity index (χ0v) is 28.4. The molecule has 3 aliphatic rings. The molecule has 1 aliphatic carbocycles. The van der Waals surface area contributed by atoms with E-state index in [1.807, 2.05) is 36.7 Å². The number of carbonyl (C=O) groups is 3. The van der Waals surface area contributed by atoms with Crippen LogP contribution in [0.25, 0.3) is 32.9 Å². The number of carbonyl (C=O) groups excluding carboxylic acids is 3. The largest absolute Gasteiger partial charge is 0.481 e. The normalized spacial score (nSPS) is 19.3. The summed E-state index contributed by atoms with van der Waals surface area (Å²) in [6, 6.07) is 20.5. The average molecular weight is 705 g/mol. The molecule has 2 aromatic carbocycles. The lowest BCUT2D eigenvalue weighted by molar-refractivity contribution is -0.136. The molecule has 1 saturated carbocycles. The predicted octanol–water partition coefficient (Wildman–Crippen LogP) is 5.35. The molecule has 53 heavy (non-hydrogen) atoms. The van der Waals surface area contributed by atoms with Crippen LogP contribution < -0.4 is 19.5 Å². The minimum Gasteiger partial charge on any atom is -0.481 e. The Morgan fingerprint density at radius 2 is 1.62 bits per heavy atom. The number of hydrogen-bond acceptors (Lipinski definition) is 9. The number of hydrogen-bond donors (Lipinski definition) is 2. The number of pyridine rings is 3. The van der Waals surface area contributed by atoms with E-state index >= 15 is 0 Å². The number of imide groups is 1. The standard InChI is InChI=1S/C41H32N6O6/c48-37-10-9-36(40(49)46-37)47-23-27-16-28(6-8-31(27)41(47)50)51-15-1-2-24-3-11-38(43-20-24)52-29-18-30(19-29)53-39-12-5-26(21-44-39)25-4-7-32-33-22-42-14-13-34(33)45-35(32)17-25/h3-8,11-14,16-17,20-22,29-30,36,45H,9-10,15,18-19,23H2,(H,46,48,49). The Labute approximate surface area is 303 Å². The Balaban J connectivity index is 0.724. The molecule has 2 fully saturated rings. The number of piperidine rings is 1. The van der Waals surface area contributed by atoms with E-state index in [1.54, 1.807) is 36.7 Å². The minimum absolute atomic E-state index is 0.00839. The van der Waals surface area contributed by atoms with Crippen LogP contribution in [0, 0.1) is 11.8 Å². The second kappa shape index (κ2) is 13.4. The molecule has 0 bridgehead atoms. The smallest absolute Gasteiger partial charge is 0.255 e. The van der Waals surface area contributed by atoms with Crippen LogP contribution >= 0.6 is 0 Å². The highest BCUT2D eigenvalue weighted by molar-refractivity contribution is 6.08. The van der Waals surface area contributed by atoms with Crippen LogP contribution in [0.5, 0.6) is 17.5 Å². The van der Waals surface area contributed by atoms with Crippen LogP contribution in [-0.4, -0.2) is 67.4 Å². The van der Waals surface area contributed by atoms with Gasteiger partial charge in [-0.3, -0.25) is 24.7 Å². The third-order valence-corrected chi connectivity index (χ3v) is 9.87. The Morgan fingerprint density at radius 3 is 2.40 bits per heavy atom. The van der Waals surface area contributed by atoms with Crippen LogP contribution in [0.2, 0.25) is 0 Å². The number of fused-ring (bicyclic) bond motifs is 4. The van der Waals surface area contributed by atoms with Crippen molar-refractivity contribution in [1.29, 1.82) is 0 Å². The lowest BCUT2D eigenvalue weighted by atomic mass is 9.92. The van der Waals surface area contributed by atoms with Crippen molar-refractivity contribution in [2.75, 3.05) is 6.61 Å². The van der Waals surface area contributed by atoms with E-state index in [1.165, 1.54) is 4.90 Å². The van der Waals surface area contributed by atoms with E-state index in [0.29, 0.717) is 29.5 Å². The van der Waals surface area contributed by atoms with Gasteiger partial charge in [0.15, 0.2) is 0 Å². The maximum Gasteiger partial charge on any atom is 0.255 e. The number of nitrogens with one attached hydrogen (secondary N) is 2. The van der Waals surface area contributed by atoms with Crippen molar-refractivity contribution in [3.63, 3.8) is 0 Å². The van der Waals surface area contributed by atoms with Crippen molar-refractivity contribution in [2.45, 2.75) is 50.5 Å². The number of ether oxygens (including phenoxy) is 3. The first-order valence-electron chi connectivity index (χ1n) is 17.4. The van der Waals surface area contributed by atoms with Gasteiger partial charge in [-0.1, -0.05) is 24.0 Å². The summed E-state index contributed by atoms with van der Waals surface area (Å²) in [6.07, 6.45) is 9.21. The van der Waals surface area contributed by atoms with Gasteiger partial charge in [0.05, 0.1) is 0 Å². The van der Waals surface area contributed by atoms with Gasteiger partial charge in [-0.15, -0.1) is 0 Å². The molecule has 0 radical (unpaired) electrons. The molecule has 12 heteroatoms. The first-order chi connectivity index (χ1) is 25.9. The van der Waals surface area contributed by atoms with Crippen LogP contribution in [0.3, 0.4) is 0 Å². The number of benzene rings is 2. The molecule has 9 rings (SSSR count). The van der Waals surface area contributed by atoms with E-state index in [-0.39, 0.29) is 43.6 Å². The number of H-pyrrole nitrogens is 1. The summed E-state index contributed by atoms with van der Waals surface area (Å²) in [5.74, 6) is 6.76. The van der Waals surface area contributed by atoms with Gasteiger partial charge in [0.25, 0.3) is 5.91 Å². The molecule has 2 aliphatic heterocycles. The van der Waals surface area contributed by atoms with Crippen LogP contribution in [0.4, 0.5) is 0 Å². The Hall–Kier alpha value is -6.74. The van der Waals surface area contributed by atoms with E-state index in [4.69, 9.17) is 14.2 Å². The molecule has 4 aromatic heterocycles. The summed E-state index contributed by atoms with van der Waals surface area (Å²) in [5, 5.41) is 4.57. The second-order valence-corrected chi connectivity index (χ2v) is 13.3. The lowest BCUT2D eigenvalue weighted by Gasteiger charge is -2.34. The summed E-state index contributed by atoms with van der Waals surface area (Å²) in [5.41, 5.74) is 6.24. The van der Waals surface area contributed by atoms with Gasteiger partial charge >= 0.3 is 0 Å². The van der Waals surface area contributed by atoms with Crippen LogP contribution in [0.1, 0.15) is 47.2 Å². The number of rotatable bonds is 8. The molecular weight excluding hydrogens is 672 g/mol. The van der Waals surface area contributed by atoms with E-state index < -0.39 is 11.9 Å². The molecule has 1 unspecified atom stereocenters. The van der Waals surface area contributed by atoms with Crippen molar-refractivity contribution < 1.29 is 28.6 Å². The quantitative estimate of drug-likeness (QED) is 0.158. The van der Waals surface area contributed by atoms with Crippen molar-refractivity contribution in [1.82, 2.24) is 30.2 Å². The molecule has 6 heterocycles. The number of aromatic nitrogens is 4. The highest BCUT2D eigenvalue weighted by Crippen LogP contribution is 2.33. The SMILES string of the molecule is O=C1CCC(N2Cc3cc(OCC#Cc4ccc(OC5CC(Oc6ccc(-c7ccc8c(c7)[nH]c7ccncc78)cn6)C5)nc4)ccc3C2=O)C(=O)N1. The Kier molecular flexibility index (Phi) is 8.15. The summed E-state index contributed by atoms with van der Waals surface area (Å²) < 4.78 is 17.9. The first kappa shape index (κ1) is 32.2. The van der Waals surface area contributed by atoms with Crippen molar-refractivity contribution in [2.24, 2.45) is 0 Å². The fraction of sp³-hybridized carbons (Fsp3) is 0.220. The van der Waals surface area contributed by atoms with Gasteiger partial charge in [-0.2, -0.15) is 0 Å². The second-order valence-electron chi connectivity index (χ2n) is 13.3. The van der Waals surface area contributed by atoms with Gasteiger partial charge < -0.3 is 24.1 Å². The van der Waals surface area contributed by atoms with Gasteiger partial charge in [-0.25, -0.2) is 9.97 Å². The predicted molar refractivity (Wildman–Crippen MR) is 194 cm³/mol. The molecule has 262 valence electrons. The summed E-state index contributed by atoms with van der Waals surface area (Å²) in [7, 11) is 0. The lowest BCUT2D eigenvalue weighted by Crippen LogP contribution is -2.52. The molecule has 0 spiro atoms. The van der Waals surface area contributed by atoms with E-state index in [2.05, 4.69) is 55.3 Å². The molecule has 1 atom stereocenters. The number of nitrogens with zero attached hydrogens (tertiary/aromatic N) is 4. The topological polar surface area (TPSA) is 149 Å². The van der Waals surface area contributed by atoms with Crippen molar-refractivity contribution >= 4 is 39.5 Å². The van der Waals surface area contributed by atoms with Gasteiger partial charge in [-0.05, 0) is 60.0 Å². The maximum atomic E-state index is 12.9.